The first-order chi connectivity index (χ1) is 19.2. The van der Waals surface area contributed by atoms with Gasteiger partial charge in [0.05, 0.1) is 70.2 Å². The highest BCUT2D eigenvalue weighted by molar-refractivity contribution is 8.13. The van der Waals surface area contributed by atoms with E-state index in [9.17, 15) is 26.4 Å². The Labute approximate surface area is 245 Å². The van der Waals surface area contributed by atoms with Gasteiger partial charge in [-0.2, -0.15) is 0 Å². The molecule has 0 fully saturated rings. The van der Waals surface area contributed by atoms with Gasteiger partial charge >= 0.3 is 11.9 Å². The molecular weight excluding hydrogens is 606 g/mol. The molecule has 0 aliphatic heterocycles. The molecule has 0 aromatic heterocycles. The first-order valence-electron chi connectivity index (χ1n) is 11.9. The van der Waals surface area contributed by atoms with Crippen LogP contribution in [0, 0.1) is 0 Å². The maximum Gasteiger partial charge on any atom is 0.319 e. The van der Waals surface area contributed by atoms with Gasteiger partial charge in [-0.05, 0) is 38.1 Å². The van der Waals surface area contributed by atoms with E-state index in [-0.39, 0.29) is 41.1 Å². The van der Waals surface area contributed by atoms with Crippen molar-refractivity contribution in [3.05, 3.63) is 36.4 Å². The number of methoxy groups -OCH3 is 4. The lowest BCUT2D eigenvalue weighted by Gasteiger charge is -2.10. The average molecular weight is 642 g/mol. The summed E-state index contributed by atoms with van der Waals surface area (Å²) in [5, 5.41) is 0. The van der Waals surface area contributed by atoms with Crippen molar-refractivity contribution in [3.8, 4) is 23.0 Å². The summed E-state index contributed by atoms with van der Waals surface area (Å²) in [5.74, 6) is 0.368. The second-order valence-electron chi connectivity index (χ2n) is 7.35. The molecule has 16 heteroatoms. The molecule has 2 aromatic rings. The Morgan fingerprint density at radius 2 is 1.12 bits per heavy atom. The molecular formula is C25H36ClNO12S2. The zero-order chi connectivity index (χ0) is 31.6. The van der Waals surface area contributed by atoms with Crippen molar-refractivity contribution < 1.29 is 54.8 Å². The molecule has 0 aliphatic rings. The van der Waals surface area contributed by atoms with E-state index in [4.69, 9.17) is 40.1 Å². The molecule has 0 unspecified atom stereocenters. The predicted molar refractivity (Wildman–Crippen MR) is 151 cm³/mol. The van der Waals surface area contributed by atoms with Gasteiger partial charge in [-0.25, -0.2) is 16.8 Å². The molecule has 0 heterocycles. The van der Waals surface area contributed by atoms with E-state index in [2.05, 4.69) is 4.74 Å². The van der Waals surface area contributed by atoms with Crippen molar-refractivity contribution in [1.82, 2.24) is 0 Å². The number of hydrogen-bond acceptors (Lipinski definition) is 13. The van der Waals surface area contributed by atoms with Gasteiger partial charge in [0.1, 0.15) is 0 Å². The molecule has 41 heavy (non-hydrogen) atoms. The third-order valence-electron chi connectivity index (χ3n) is 4.70. The van der Waals surface area contributed by atoms with Crippen molar-refractivity contribution in [1.29, 1.82) is 0 Å². The topological polar surface area (TPSA) is 184 Å². The van der Waals surface area contributed by atoms with Crippen LogP contribution in [0.1, 0.15) is 20.3 Å². The number of halogens is 1. The first kappa shape index (κ1) is 37.7. The molecule has 232 valence electrons. The van der Waals surface area contributed by atoms with Gasteiger partial charge in [-0.15, -0.1) is 0 Å². The number of sulfone groups is 1. The fourth-order valence-corrected chi connectivity index (χ4v) is 4.77. The van der Waals surface area contributed by atoms with E-state index in [1.807, 2.05) is 0 Å². The molecule has 2 N–H and O–H groups in total. The Kier molecular flexibility index (Phi) is 17.4. The van der Waals surface area contributed by atoms with Crippen molar-refractivity contribution in [2.45, 2.75) is 30.1 Å². The van der Waals surface area contributed by atoms with Gasteiger partial charge < -0.3 is 34.2 Å². The Bertz CT molecular complexity index is 1330. The largest absolute Gasteiger partial charge is 0.493 e. The van der Waals surface area contributed by atoms with E-state index >= 15 is 0 Å². The van der Waals surface area contributed by atoms with E-state index in [1.54, 1.807) is 13.8 Å². The fraction of sp³-hybridized carbons (Fsp3) is 0.440. The van der Waals surface area contributed by atoms with Crippen molar-refractivity contribution >= 4 is 41.5 Å². The zero-order valence-corrected chi connectivity index (χ0v) is 26.1. The molecule has 2 aromatic carbocycles. The van der Waals surface area contributed by atoms with Crippen LogP contribution in [0.5, 0.6) is 23.0 Å². The Morgan fingerprint density at radius 3 is 1.49 bits per heavy atom. The van der Waals surface area contributed by atoms with Crippen molar-refractivity contribution in [2.75, 3.05) is 54.0 Å². The van der Waals surface area contributed by atoms with Crippen LogP contribution < -0.4 is 24.7 Å². The minimum absolute atomic E-state index is 0.0168. The van der Waals surface area contributed by atoms with Gasteiger partial charge in [-0.3, -0.25) is 9.59 Å². The van der Waals surface area contributed by atoms with Crippen LogP contribution in [0.2, 0.25) is 0 Å². The van der Waals surface area contributed by atoms with Gasteiger partial charge in [0, 0.05) is 22.8 Å². The monoisotopic (exact) mass is 641 g/mol. The SMILES string of the molecule is CCOC(=O)CCS(=O)(=O)c1ccc(OC)c(OC)c1.CCOC(=O)CN.COc1ccc(S(=O)(=O)Cl)cc1OC. The van der Waals surface area contributed by atoms with E-state index < -0.39 is 24.9 Å². The number of carbonyl (C=O) groups is 2. The van der Waals surface area contributed by atoms with Crippen LogP contribution in [0.4, 0.5) is 0 Å². The maximum absolute atomic E-state index is 12.1. The highest BCUT2D eigenvalue weighted by atomic mass is 35.7. The maximum atomic E-state index is 12.1. The number of esters is 2. The van der Waals surface area contributed by atoms with Crippen molar-refractivity contribution in [2.24, 2.45) is 5.73 Å². The molecule has 0 saturated heterocycles. The molecule has 0 saturated carbocycles. The van der Waals surface area contributed by atoms with E-state index in [0.717, 1.165) is 0 Å². The minimum Gasteiger partial charge on any atom is -0.493 e. The second kappa shape index (κ2) is 19.0. The second-order valence-corrected chi connectivity index (χ2v) is 12.0. The number of carbonyl (C=O) groups excluding carboxylic acids is 2. The lowest BCUT2D eigenvalue weighted by Crippen LogP contribution is -2.16. The smallest absolute Gasteiger partial charge is 0.319 e. The molecule has 0 bridgehead atoms. The number of rotatable bonds is 12. The third kappa shape index (κ3) is 13.8. The third-order valence-corrected chi connectivity index (χ3v) is 7.77. The summed E-state index contributed by atoms with van der Waals surface area (Å²) in [6.45, 7) is 4.04. The lowest BCUT2D eigenvalue weighted by molar-refractivity contribution is -0.143. The number of ether oxygens (including phenoxy) is 6. The molecule has 0 radical (unpaired) electrons. The molecule has 0 aliphatic carbocycles. The summed E-state index contributed by atoms with van der Waals surface area (Å²) < 4.78 is 75.2. The number of benzene rings is 2. The summed E-state index contributed by atoms with van der Waals surface area (Å²) in [4.78, 5) is 21.3. The van der Waals surface area contributed by atoms with Crippen LogP contribution in [0.3, 0.4) is 0 Å². The van der Waals surface area contributed by atoms with Crippen LogP contribution in [0.25, 0.3) is 0 Å². The molecule has 0 spiro atoms. The molecule has 13 nitrogen and oxygen atoms in total. The highest BCUT2D eigenvalue weighted by Crippen LogP contribution is 2.31. The lowest BCUT2D eigenvalue weighted by atomic mass is 10.3. The van der Waals surface area contributed by atoms with E-state index in [1.165, 1.54) is 64.8 Å². The van der Waals surface area contributed by atoms with E-state index in [0.29, 0.717) is 29.6 Å². The molecule has 0 amide bonds. The molecule has 0 atom stereocenters. The Hall–Kier alpha value is -3.27. The normalized spacial score (nSPS) is 10.5. The van der Waals surface area contributed by atoms with Crippen molar-refractivity contribution in [3.63, 3.8) is 0 Å². The quantitative estimate of drug-likeness (QED) is 0.264. The summed E-state index contributed by atoms with van der Waals surface area (Å²) in [6, 6.07) is 8.44. The van der Waals surface area contributed by atoms with Gasteiger partial charge in [0.25, 0.3) is 9.05 Å². The summed E-state index contributed by atoms with van der Waals surface area (Å²) >= 11 is 0. The van der Waals surface area contributed by atoms with Gasteiger partial charge in [-0.1, -0.05) is 0 Å². The average Bonchev–Trinajstić information content (AvgIpc) is 2.95. The highest BCUT2D eigenvalue weighted by Gasteiger charge is 2.19. The Balaban J connectivity index is 0.000000659. The van der Waals surface area contributed by atoms with Gasteiger partial charge in [0.15, 0.2) is 32.8 Å². The van der Waals surface area contributed by atoms with Crippen LogP contribution in [0.15, 0.2) is 46.2 Å². The standard InChI is InChI=1S/C13H18O6S.C8H9ClO4S.C4H9NO2/c1-4-19-13(14)7-8-20(15,16)10-5-6-11(17-2)12(9-10)18-3;1-12-7-4-3-6(14(9,10)11)5-8(7)13-2;1-2-7-4(6)3-5/h5-6,9H,4,7-8H2,1-3H3;3-5H,1-2H3;2-3,5H2,1H3. The number of hydrogen-bond donors (Lipinski definition) is 1. The summed E-state index contributed by atoms with van der Waals surface area (Å²) in [7, 11) is 3.64. The van der Waals surface area contributed by atoms with Crippen LogP contribution in [-0.2, 0) is 38.0 Å². The predicted octanol–water partition coefficient (Wildman–Crippen LogP) is 2.57. The zero-order valence-electron chi connectivity index (χ0n) is 23.7. The van der Waals surface area contributed by atoms with Crippen LogP contribution >= 0.6 is 10.7 Å². The summed E-state index contributed by atoms with van der Waals surface area (Å²) in [6.07, 6.45) is -0.176. The Morgan fingerprint density at radius 1 is 0.707 bits per heavy atom. The van der Waals surface area contributed by atoms with Crippen LogP contribution in [-0.4, -0.2) is 82.7 Å². The number of nitrogens with two attached hydrogens (primary N) is 1. The first-order valence-corrected chi connectivity index (χ1v) is 15.8. The minimum atomic E-state index is -3.72. The molecule has 2 rings (SSSR count). The summed E-state index contributed by atoms with van der Waals surface area (Å²) in [5.41, 5.74) is 4.88. The van der Waals surface area contributed by atoms with Gasteiger partial charge in [0.2, 0.25) is 0 Å². The fourth-order valence-electron chi connectivity index (χ4n) is 2.77.